The van der Waals surface area contributed by atoms with Crippen LogP contribution in [0.5, 0.6) is 46.0 Å². The highest BCUT2D eigenvalue weighted by Gasteiger charge is 2.47. The summed E-state index contributed by atoms with van der Waals surface area (Å²) >= 11 is 0. The van der Waals surface area contributed by atoms with Crippen LogP contribution >= 0.6 is 0 Å². The maximum atomic E-state index is 13.1. The summed E-state index contributed by atoms with van der Waals surface area (Å²) in [5.41, 5.74) is 25.0. The van der Waals surface area contributed by atoms with Gasteiger partial charge in [0.05, 0.1) is 75.9 Å². The molecule has 4 aromatic carbocycles. The number of benzene rings is 4. The van der Waals surface area contributed by atoms with Crippen molar-refractivity contribution >= 4 is 23.9 Å². The number of piperidine rings is 4. The van der Waals surface area contributed by atoms with Gasteiger partial charge in [-0.1, -0.05) is 111 Å². The SMILES string of the molecule is [2H]C([2H])([2H])Oc1cc2c(cc1OC)C1([2H])N(CC2)C([2H])([2H])C([2H])(CC(C)C)C([2H])(OC(=O)[C@@H](N)C(C)C)C1([2H])[2H].[2H]C1([2H])N2CCc3cc(OC)c(OC)cc3C2([2H])C([2H])([2H])C([2H])(OC(=O)[C@@H](N)C(C)C)C1([2H])CC(C)C.[2H]c1c2c(c([2H])c(OC)c1OC([2H])([2H])[2H])C1N(CC2)C([2H])([2H])C([2H])(CC(C)C)C(OC(=O)[C@@H](N)C(C)C)C1([2H])[2H].[2H]c1c2c(c([2H])c(OC)c1OC)C1N(CC2)C([2H])([2H])C([2H])(CC(C)C)C(OC(=O)[C@@H](N)C(C)C)C1([2H])[2H]. The second-order valence-corrected chi connectivity index (χ2v) is 33.8. The lowest BCUT2D eigenvalue weighted by atomic mass is 9.79. The van der Waals surface area contributed by atoms with Crippen LogP contribution in [0.2, 0.25) is 0 Å². The standard InChI is InChI=1S/4C24H38N2O4/c4*1-14(2)9-17-13-26-8-7-16-10-21(28-5)22(29-6)11-18(16)19(26)12-20(17)30-24(27)23(25)15(3)4/h4*10-11,14-15,17,19-20,23H,7-9,12-13,25H2,1-6H3/t4*17?,19?,20?,23-/m0000/s1/i5D3,12D2,13D2,17D,19D,20D;5D3,10D,11D,12D2,13D2,17D;12D2,13D2,17D,19D,20D;10D,11D,12D2,13D2,17D. The van der Waals surface area contributed by atoms with Crippen LogP contribution in [0.25, 0.3) is 0 Å². The van der Waals surface area contributed by atoms with Crippen molar-refractivity contribution in [3.8, 4) is 46.0 Å². The molecule has 12 rings (SSSR count). The Morgan fingerprint density at radius 3 is 0.967 bits per heavy atom. The molecule has 24 nitrogen and oxygen atoms in total. The molecule has 0 aliphatic carbocycles. The number of rotatable bonds is 28. The van der Waals surface area contributed by atoms with Crippen LogP contribution in [-0.2, 0) is 63.8 Å². The minimum Gasteiger partial charge on any atom is -0.493 e. The van der Waals surface area contributed by atoms with Gasteiger partial charge >= 0.3 is 23.9 Å². The summed E-state index contributed by atoms with van der Waals surface area (Å²) in [5, 5.41) is 0. The third-order valence-electron chi connectivity index (χ3n) is 21.2. The van der Waals surface area contributed by atoms with Gasteiger partial charge in [0.1, 0.15) is 48.5 Å². The van der Waals surface area contributed by atoms with Gasteiger partial charge in [-0.2, -0.15) is 0 Å². The first kappa shape index (κ1) is 58.9. The van der Waals surface area contributed by atoms with Crippen molar-refractivity contribution in [1.29, 1.82) is 0 Å². The zero-order valence-electron chi connectivity index (χ0n) is 108. The van der Waals surface area contributed by atoms with E-state index in [1.807, 2.05) is 0 Å². The molecular weight excluding hydrogens is 1520 g/mol. The van der Waals surface area contributed by atoms with Crippen LogP contribution in [0.4, 0.5) is 0 Å². The minimum atomic E-state index is -3.24. The molecule has 8 heterocycles. The molecule has 16 atom stereocenters. The number of fused-ring (bicyclic) bond motifs is 12. The minimum absolute atomic E-state index is 0.00409. The first-order valence-corrected chi connectivity index (χ1v) is 41.3. The van der Waals surface area contributed by atoms with Gasteiger partial charge in [0.15, 0.2) is 46.0 Å². The third kappa shape index (κ3) is 23.8. The molecule has 0 bridgehead atoms. The number of carbonyl (C=O) groups is 4. The fourth-order valence-electron chi connectivity index (χ4n) is 14.4. The van der Waals surface area contributed by atoms with Gasteiger partial charge in [-0.25, -0.2) is 0 Å². The van der Waals surface area contributed by atoms with E-state index in [0.717, 1.165) is 21.8 Å². The zero-order chi connectivity index (χ0) is 118. The number of hydrogen-bond donors (Lipinski definition) is 4. The molecule has 24 heteroatoms. The van der Waals surface area contributed by atoms with E-state index in [4.69, 9.17) is 104 Å². The smallest absolute Gasteiger partial charge is 0.323 e. The Hall–Kier alpha value is -7.16. The number of esters is 4. The second kappa shape index (κ2) is 43.9. The van der Waals surface area contributed by atoms with Crippen molar-refractivity contribution in [2.45, 2.75) is 260 Å². The number of nitrogens with zero attached hydrogens (tertiary/aromatic N) is 4. The lowest BCUT2D eigenvalue weighted by molar-refractivity contribution is -0.161. The molecule has 0 radical (unpaired) electrons. The Morgan fingerprint density at radius 2 is 0.642 bits per heavy atom. The van der Waals surface area contributed by atoms with E-state index in [1.165, 1.54) is 58.6 Å². The summed E-state index contributed by atoms with van der Waals surface area (Å²) in [6.07, 6.45) is -22.2. The van der Waals surface area contributed by atoms with E-state index in [-0.39, 0.29) is 181 Å². The topological polar surface area (TPSA) is 296 Å². The van der Waals surface area contributed by atoms with E-state index in [1.54, 1.807) is 117 Å². The highest BCUT2D eigenvalue weighted by Crippen LogP contribution is 2.50. The third-order valence-corrected chi connectivity index (χ3v) is 21.2. The summed E-state index contributed by atoms with van der Waals surface area (Å²) in [7, 11) is 2.07. The monoisotopic (exact) mass is 1710 g/mol. The molecule has 0 saturated carbocycles. The van der Waals surface area contributed by atoms with Crippen LogP contribution < -0.4 is 60.8 Å². The lowest BCUT2D eigenvalue weighted by Gasteiger charge is -2.47. The van der Waals surface area contributed by atoms with Gasteiger partial charge in [0, 0.05) is 153 Å². The first-order valence-electron chi connectivity index (χ1n) is 58.3. The predicted octanol–water partition coefficient (Wildman–Crippen LogP) is 14.3. The van der Waals surface area contributed by atoms with Crippen molar-refractivity contribution in [3.05, 3.63) is 92.9 Å². The second-order valence-electron chi connectivity index (χ2n) is 33.8. The van der Waals surface area contributed by atoms with E-state index < -0.39 is 227 Å². The molecule has 4 fully saturated rings. The van der Waals surface area contributed by atoms with Gasteiger partial charge in [-0.15, -0.1) is 0 Å². The van der Waals surface area contributed by atoms with Crippen molar-refractivity contribution in [3.63, 3.8) is 0 Å². The molecule has 0 spiro atoms. The van der Waals surface area contributed by atoms with Gasteiger partial charge in [-0.05, 0) is 192 Å². The van der Waals surface area contributed by atoms with E-state index >= 15 is 0 Å². The Kier molecular flexibility index (Phi) is 21.6. The van der Waals surface area contributed by atoms with Crippen LogP contribution in [0.1, 0.15) is 277 Å². The molecule has 0 amide bonds. The fourth-order valence-corrected chi connectivity index (χ4v) is 14.4. The quantitative estimate of drug-likeness (QED) is 0.0303. The molecule has 8 N–H and O–H groups in total. The summed E-state index contributed by atoms with van der Waals surface area (Å²) in [6.45, 7) is 16.1. The average molecular weight is 1710 g/mol. The normalized spacial score (nSPS) is 37.5. The van der Waals surface area contributed by atoms with Gasteiger partial charge in [0.25, 0.3) is 0 Å². The largest absolute Gasteiger partial charge is 0.493 e. The number of nitrogens with two attached hydrogens (primary N) is 4. The van der Waals surface area contributed by atoms with E-state index in [0.29, 0.717) is 16.9 Å². The Labute approximate surface area is 766 Å². The predicted molar refractivity (Wildman–Crippen MR) is 471 cm³/mol. The maximum absolute atomic E-state index is 13.1. The summed E-state index contributed by atoms with van der Waals surface area (Å²) < 4.78 is 367. The fraction of sp³-hybridized carbons (Fsp3) is 0.708. The average Bonchev–Trinajstić information content (AvgIpc) is 0.655. The van der Waals surface area contributed by atoms with Crippen molar-refractivity contribution < 1.29 is 123 Å². The number of ether oxygens (including phenoxy) is 12. The van der Waals surface area contributed by atoms with Crippen molar-refractivity contribution in [2.75, 3.05) is 109 Å². The molecule has 4 aromatic rings. The summed E-state index contributed by atoms with van der Waals surface area (Å²) in [6, 6.07) is -8.75. The maximum Gasteiger partial charge on any atom is 0.323 e. The molecule has 672 valence electrons. The number of methoxy groups -OCH3 is 8. The van der Waals surface area contributed by atoms with Crippen LogP contribution in [0.15, 0.2) is 48.4 Å². The molecule has 8 aliphatic rings. The van der Waals surface area contributed by atoms with E-state index in [2.05, 4.69) is 0 Å². The molecule has 120 heavy (non-hydrogen) atoms. The first-order chi connectivity index (χ1) is 70.0. The molecular formula is C96H152N8O16. The molecule has 0 aromatic heterocycles. The van der Waals surface area contributed by atoms with E-state index in [9.17, 15) is 41.1 Å². The molecule has 4 saturated heterocycles. The highest BCUT2D eigenvalue weighted by molar-refractivity contribution is 5.77. The zero-order valence-corrected chi connectivity index (χ0v) is 73.7. The van der Waals surface area contributed by atoms with Crippen LogP contribution in [0, 0.1) is 70.9 Å². The Bertz CT molecular complexity index is 5760. The van der Waals surface area contributed by atoms with Crippen LogP contribution in [-0.4, -0.2) is 201 Å². The molecule has 12 unspecified atom stereocenters. The summed E-state index contributed by atoms with van der Waals surface area (Å²) in [5.74, 6) is -17.5. The Morgan fingerprint density at radius 1 is 0.367 bits per heavy atom. The van der Waals surface area contributed by atoms with Crippen molar-refractivity contribution in [2.24, 2.45) is 93.9 Å². The molecule has 8 aliphatic heterocycles. The van der Waals surface area contributed by atoms with Gasteiger partial charge < -0.3 is 79.8 Å². The van der Waals surface area contributed by atoms with Crippen LogP contribution in [0.3, 0.4) is 0 Å². The highest BCUT2D eigenvalue weighted by atomic mass is 16.6. The number of carbonyl (C=O) groups excluding carboxylic acids is 4. The summed E-state index contributed by atoms with van der Waals surface area (Å²) in [4.78, 5) is 56.5. The Balaban J connectivity index is 0.000000227. The van der Waals surface area contributed by atoms with Gasteiger partial charge in [0.2, 0.25) is 0 Å². The van der Waals surface area contributed by atoms with Crippen molar-refractivity contribution in [1.82, 2.24) is 19.6 Å². The lowest BCUT2D eigenvalue weighted by Crippen LogP contribution is -2.51. The van der Waals surface area contributed by atoms with Gasteiger partial charge in [-0.3, -0.25) is 38.8 Å². The number of hydrogen-bond acceptors (Lipinski definition) is 24.